The summed E-state index contributed by atoms with van der Waals surface area (Å²) in [6, 6.07) is 3.87. The standard InChI is InChI=1S/C14H21BrClNO/c1-10-8-11(15)9-12(16)13(10)18-7-5-6-17-14(2,3)4/h8-9,17H,5-7H2,1-4H3. The van der Waals surface area contributed by atoms with Crippen molar-refractivity contribution in [3.05, 3.63) is 27.2 Å². The monoisotopic (exact) mass is 333 g/mol. The fourth-order valence-corrected chi connectivity index (χ4v) is 2.61. The van der Waals surface area contributed by atoms with Crippen molar-refractivity contribution < 1.29 is 4.74 Å². The molecule has 0 aliphatic carbocycles. The van der Waals surface area contributed by atoms with E-state index in [0.29, 0.717) is 11.6 Å². The first-order valence-corrected chi connectivity index (χ1v) is 7.30. The maximum absolute atomic E-state index is 6.15. The van der Waals surface area contributed by atoms with Gasteiger partial charge in [0.25, 0.3) is 0 Å². The minimum absolute atomic E-state index is 0.158. The third kappa shape index (κ3) is 5.59. The molecule has 0 saturated heterocycles. The van der Waals surface area contributed by atoms with E-state index in [1.807, 2.05) is 19.1 Å². The number of halogens is 2. The van der Waals surface area contributed by atoms with Gasteiger partial charge in [0.1, 0.15) is 5.75 Å². The van der Waals surface area contributed by atoms with Crippen LogP contribution < -0.4 is 10.1 Å². The van der Waals surface area contributed by atoms with Gasteiger partial charge < -0.3 is 10.1 Å². The SMILES string of the molecule is Cc1cc(Br)cc(Cl)c1OCCCNC(C)(C)C. The van der Waals surface area contributed by atoms with E-state index < -0.39 is 0 Å². The molecule has 1 aromatic rings. The molecule has 0 aliphatic heterocycles. The normalized spacial score (nSPS) is 11.7. The molecule has 102 valence electrons. The topological polar surface area (TPSA) is 21.3 Å². The van der Waals surface area contributed by atoms with Crippen molar-refractivity contribution in [3.63, 3.8) is 0 Å². The van der Waals surface area contributed by atoms with Crippen LogP contribution in [-0.2, 0) is 0 Å². The van der Waals surface area contributed by atoms with Crippen LogP contribution in [0.3, 0.4) is 0 Å². The highest BCUT2D eigenvalue weighted by molar-refractivity contribution is 9.10. The molecule has 1 aromatic carbocycles. The summed E-state index contributed by atoms with van der Waals surface area (Å²) in [6.07, 6.45) is 0.961. The van der Waals surface area contributed by atoms with Crippen LogP contribution >= 0.6 is 27.5 Å². The highest BCUT2D eigenvalue weighted by Gasteiger charge is 2.09. The van der Waals surface area contributed by atoms with Crippen LogP contribution in [0, 0.1) is 6.92 Å². The van der Waals surface area contributed by atoms with E-state index in [0.717, 1.165) is 28.8 Å². The lowest BCUT2D eigenvalue weighted by molar-refractivity contribution is 0.296. The molecule has 0 aliphatic rings. The van der Waals surface area contributed by atoms with Crippen LogP contribution in [0.25, 0.3) is 0 Å². The highest BCUT2D eigenvalue weighted by atomic mass is 79.9. The van der Waals surface area contributed by atoms with Crippen LogP contribution in [0.15, 0.2) is 16.6 Å². The van der Waals surface area contributed by atoms with Gasteiger partial charge >= 0.3 is 0 Å². The number of hydrogen-bond acceptors (Lipinski definition) is 2. The van der Waals surface area contributed by atoms with Crippen LogP contribution in [-0.4, -0.2) is 18.7 Å². The van der Waals surface area contributed by atoms with Gasteiger partial charge in [-0.15, -0.1) is 0 Å². The molecule has 0 unspecified atom stereocenters. The molecule has 4 heteroatoms. The smallest absolute Gasteiger partial charge is 0.140 e. The Morgan fingerprint density at radius 2 is 2.00 bits per heavy atom. The van der Waals surface area contributed by atoms with Gasteiger partial charge in [-0.05, 0) is 58.4 Å². The Hall–Kier alpha value is -0.250. The average Bonchev–Trinajstić information content (AvgIpc) is 2.19. The lowest BCUT2D eigenvalue weighted by atomic mass is 10.1. The maximum atomic E-state index is 6.15. The third-order valence-corrected chi connectivity index (χ3v) is 3.16. The quantitative estimate of drug-likeness (QED) is 0.797. The summed E-state index contributed by atoms with van der Waals surface area (Å²) < 4.78 is 6.72. The van der Waals surface area contributed by atoms with Crippen molar-refractivity contribution in [1.29, 1.82) is 0 Å². The molecule has 0 bridgehead atoms. The minimum atomic E-state index is 0.158. The van der Waals surface area contributed by atoms with Crippen LogP contribution in [0.5, 0.6) is 5.75 Å². The third-order valence-electron chi connectivity index (χ3n) is 2.42. The van der Waals surface area contributed by atoms with Crippen LogP contribution in [0.4, 0.5) is 0 Å². The summed E-state index contributed by atoms with van der Waals surface area (Å²) in [5, 5.41) is 4.08. The van der Waals surface area contributed by atoms with Crippen LogP contribution in [0.1, 0.15) is 32.8 Å². The Balaban J connectivity index is 2.41. The summed E-state index contributed by atoms with van der Waals surface area (Å²) in [5.74, 6) is 0.788. The molecule has 18 heavy (non-hydrogen) atoms. The summed E-state index contributed by atoms with van der Waals surface area (Å²) in [7, 11) is 0. The summed E-state index contributed by atoms with van der Waals surface area (Å²) in [5.41, 5.74) is 1.21. The Bertz CT molecular complexity index is 378. The van der Waals surface area contributed by atoms with Crippen molar-refractivity contribution in [2.75, 3.05) is 13.2 Å². The molecule has 0 spiro atoms. The molecule has 0 saturated carbocycles. The second kappa shape index (κ2) is 6.78. The molecule has 0 heterocycles. The Labute approximate surface area is 123 Å². The van der Waals surface area contributed by atoms with Gasteiger partial charge in [0.05, 0.1) is 11.6 Å². The average molecular weight is 335 g/mol. The van der Waals surface area contributed by atoms with E-state index in [-0.39, 0.29) is 5.54 Å². The van der Waals surface area contributed by atoms with Crippen LogP contribution in [0.2, 0.25) is 5.02 Å². The molecular formula is C14H21BrClNO. The second-order valence-electron chi connectivity index (χ2n) is 5.41. The van der Waals surface area contributed by atoms with Gasteiger partial charge in [0.2, 0.25) is 0 Å². The van der Waals surface area contributed by atoms with Gasteiger partial charge in [-0.1, -0.05) is 27.5 Å². The number of benzene rings is 1. The molecule has 1 rings (SSSR count). The molecule has 0 fully saturated rings. The lowest BCUT2D eigenvalue weighted by Crippen LogP contribution is -2.36. The van der Waals surface area contributed by atoms with Crippen molar-refractivity contribution in [2.45, 2.75) is 39.7 Å². The van der Waals surface area contributed by atoms with E-state index in [4.69, 9.17) is 16.3 Å². The fraction of sp³-hybridized carbons (Fsp3) is 0.571. The Morgan fingerprint density at radius 3 is 2.56 bits per heavy atom. The van der Waals surface area contributed by atoms with E-state index in [9.17, 15) is 0 Å². The second-order valence-corrected chi connectivity index (χ2v) is 6.74. The largest absolute Gasteiger partial charge is 0.492 e. The van der Waals surface area contributed by atoms with Crippen molar-refractivity contribution >= 4 is 27.5 Å². The lowest BCUT2D eigenvalue weighted by Gasteiger charge is -2.20. The zero-order chi connectivity index (χ0) is 13.8. The zero-order valence-corrected chi connectivity index (χ0v) is 13.8. The van der Waals surface area contributed by atoms with E-state index in [1.165, 1.54) is 0 Å². The summed E-state index contributed by atoms with van der Waals surface area (Å²) >= 11 is 9.56. The van der Waals surface area contributed by atoms with Gasteiger partial charge in [-0.25, -0.2) is 0 Å². The van der Waals surface area contributed by atoms with Crippen molar-refractivity contribution in [2.24, 2.45) is 0 Å². The number of nitrogens with one attached hydrogen (secondary N) is 1. The maximum Gasteiger partial charge on any atom is 0.140 e. The van der Waals surface area contributed by atoms with Crippen molar-refractivity contribution in [1.82, 2.24) is 5.32 Å². The number of rotatable bonds is 5. The first-order valence-electron chi connectivity index (χ1n) is 6.13. The van der Waals surface area contributed by atoms with E-state index >= 15 is 0 Å². The summed E-state index contributed by atoms with van der Waals surface area (Å²) in [6.45, 7) is 10.1. The predicted octanol–water partition coefficient (Wildman–Crippen LogP) is 4.57. The Morgan fingerprint density at radius 1 is 1.33 bits per heavy atom. The Kier molecular flexibility index (Phi) is 5.96. The molecular weight excluding hydrogens is 314 g/mol. The van der Waals surface area contributed by atoms with Gasteiger partial charge in [0.15, 0.2) is 0 Å². The number of aryl methyl sites for hydroxylation is 1. The van der Waals surface area contributed by atoms with Gasteiger partial charge in [-0.3, -0.25) is 0 Å². The number of hydrogen-bond donors (Lipinski definition) is 1. The molecule has 0 aromatic heterocycles. The molecule has 0 amide bonds. The van der Waals surface area contributed by atoms with E-state index in [2.05, 4.69) is 42.0 Å². The van der Waals surface area contributed by atoms with Gasteiger partial charge in [0, 0.05) is 10.0 Å². The minimum Gasteiger partial charge on any atom is -0.492 e. The molecule has 0 radical (unpaired) electrons. The first-order chi connectivity index (χ1) is 8.29. The van der Waals surface area contributed by atoms with Gasteiger partial charge in [-0.2, -0.15) is 0 Å². The number of ether oxygens (including phenoxy) is 1. The van der Waals surface area contributed by atoms with E-state index in [1.54, 1.807) is 0 Å². The zero-order valence-electron chi connectivity index (χ0n) is 11.4. The molecule has 1 N–H and O–H groups in total. The highest BCUT2D eigenvalue weighted by Crippen LogP contribution is 2.31. The predicted molar refractivity (Wildman–Crippen MR) is 81.8 cm³/mol. The first kappa shape index (κ1) is 15.8. The molecule has 0 atom stereocenters. The van der Waals surface area contributed by atoms with Crippen molar-refractivity contribution in [3.8, 4) is 5.75 Å². The fourth-order valence-electron chi connectivity index (χ4n) is 1.58. The summed E-state index contributed by atoms with van der Waals surface area (Å²) in [4.78, 5) is 0. The molecule has 2 nitrogen and oxygen atoms in total.